The molecular formula is C15H15BrN4O. The molecule has 0 radical (unpaired) electrons. The quantitative estimate of drug-likeness (QED) is 0.892. The summed E-state index contributed by atoms with van der Waals surface area (Å²) < 4.78 is 1.01. The van der Waals surface area contributed by atoms with Crippen molar-refractivity contribution in [1.82, 2.24) is 15.3 Å². The zero-order valence-electron chi connectivity index (χ0n) is 11.6. The standard InChI is InChI=1S/C15H15BrN4O/c1-9-2-3-11(8-12(9)16)19-15-17-7-6-13(20-15)14(21)18-10-4-5-10/h2-3,6-8,10H,4-5H2,1H3,(H,18,21)(H,17,19,20). The smallest absolute Gasteiger partial charge is 0.270 e. The van der Waals surface area contributed by atoms with Gasteiger partial charge in [0, 0.05) is 22.4 Å². The molecule has 1 aliphatic rings. The number of nitrogens with zero attached hydrogens (tertiary/aromatic N) is 2. The maximum Gasteiger partial charge on any atom is 0.270 e. The summed E-state index contributed by atoms with van der Waals surface area (Å²) in [6, 6.07) is 7.83. The van der Waals surface area contributed by atoms with Gasteiger partial charge < -0.3 is 10.6 Å². The van der Waals surface area contributed by atoms with Gasteiger partial charge in [0.05, 0.1) is 0 Å². The number of benzene rings is 1. The number of carbonyl (C=O) groups excluding carboxylic acids is 1. The van der Waals surface area contributed by atoms with E-state index in [4.69, 9.17) is 0 Å². The van der Waals surface area contributed by atoms with Gasteiger partial charge in [0.2, 0.25) is 5.95 Å². The van der Waals surface area contributed by atoms with Crippen LogP contribution in [0.1, 0.15) is 28.9 Å². The van der Waals surface area contributed by atoms with E-state index < -0.39 is 0 Å². The van der Waals surface area contributed by atoms with Gasteiger partial charge in [0.25, 0.3) is 5.91 Å². The van der Waals surface area contributed by atoms with Gasteiger partial charge in [-0.25, -0.2) is 9.97 Å². The minimum atomic E-state index is -0.145. The van der Waals surface area contributed by atoms with E-state index in [0.717, 1.165) is 28.6 Å². The highest BCUT2D eigenvalue weighted by Crippen LogP contribution is 2.22. The fourth-order valence-corrected chi connectivity index (χ4v) is 2.21. The van der Waals surface area contributed by atoms with Gasteiger partial charge in [-0.15, -0.1) is 0 Å². The molecule has 6 heteroatoms. The summed E-state index contributed by atoms with van der Waals surface area (Å²) in [6.07, 6.45) is 3.69. The third-order valence-electron chi connectivity index (χ3n) is 3.23. The van der Waals surface area contributed by atoms with Crippen molar-refractivity contribution in [2.75, 3.05) is 5.32 Å². The minimum absolute atomic E-state index is 0.145. The third-order valence-corrected chi connectivity index (χ3v) is 4.08. The zero-order valence-corrected chi connectivity index (χ0v) is 13.1. The fraction of sp³-hybridized carbons (Fsp3) is 0.267. The molecule has 2 aromatic rings. The van der Waals surface area contributed by atoms with Crippen LogP contribution in [0.15, 0.2) is 34.9 Å². The van der Waals surface area contributed by atoms with Crippen LogP contribution in [0.4, 0.5) is 11.6 Å². The van der Waals surface area contributed by atoms with Crippen LogP contribution < -0.4 is 10.6 Å². The van der Waals surface area contributed by atoms with Crippen molar-refractivity contribution in [2.24, 2.45) is 0 Å². The lowest BCUT2D eigenvalue weighted by Gasteiger charge is -2.08. The normalized spacial score (nSPS) is 13.8. The van der Waals surface area contributed by atoms with E-state index in [1.54, 1.807) is 12.3 Å². The average Bonchev–Trinajstić information content (AvgIpc) is 3.27. The predicted octanol–water partition coefficient (Wildman–Crippen LogP) is 3.18. The Balaban J connectivity index is 1.75. The first kappa shape index (κ1) is 14.0. The summed E-state index contributed by atoms with van der Waals surface area (Å²) in [5, 5.41) is 6.02. The van der Waals surface area contributed by atoms with Crippen molar-refractivity contribution in [3.8, 4) is 0 Å². The van der Waals surface area contributed by atoms with E-state index in [-0.39, 0.29) is 5.91 Å². The highest BCUT2D eigenvalue weighted by molar-refractivity contribution is 9.10. The van der Waals surface area contributed by atoms with E-state index in [1.807, 2.05) is 25.1 Å². The summed E-state index contributed by atoms with van der Waals surface area (Å²) in [7, 11) is 0. The van der Waals surface area contributed by atoms with E-state index in [1.165, 1.54) is 0 Å². The van der Waals surface area contributed by atoms with Gasteiger partial charge in [-0.05, 0) is 43.5 Å². The summed E-state index contributed by atoms with van der Waals surface area (Å²) in [6.45, 7) is 2.02. The maximum atomic E-state index is 12.0. The molecule has 3 rings (SSSR count). The SMILES string of the molecule is Cc1ccc(Nc2nccc(C(=O)NC3CC3)n2)cc1Br. The molecule has 1 aromatic heterocycles. The molecule has 1 fully saturated rings. The van der Waals surface area contributed by atoms with Gasteiger partial charge in [-0.1, -0.05) is 22.0 Å². The molecule has 0 bridgehead atoms. The molecule has 0 aliphatic heterocycles. The van der Waals surface area contributed by atoms with Crippen LogP contribution in [-0.4, -0.2) is 21.9 Å². The number of amides is 1. The Morgan fingerprint density at radius 1 is 1.33 bits per heavy atom. The van der Waals surface area contributed by atoms with Gasteiger partial charge in [0.1, 0.15) is 5.69 Å². The van der Waals surface area contributed by atoms with Crippen LogP contribution in [-0.2, 0) is 0 Å². The Bertz CT molecular complexity index is 685. The minimum Gasteiger partial charge on any atom is -0.348 e. The fourth-order valence-electron chi connectivity index (χ4n) is 1.83. The molecule has 2 N–H and O–H groups in total. The van der Waals surface area contributed by atoms with Gasteiger partial charge >= 0.3 is 0 Å². The topological polar surface area (TPSA) is 66.9 Å². The molecule has 1 aromatic carbocycles. The van der Waals surface area contributed by atoms with Crippen LogP contribution in [0.3, 0.4) is 0 Å². The molecule has 0 saturated heterocycles. The number of hydrogen-bond acceptors (Lipinski definition) is 4. The van der Waals surface area contributed by atoms with Crippen molar-refractivity contribution in [3.63, 3.8) is 0 Å². The highest BCUT2D eigenvalue weighted by Gasteiger charge is 2.24. The van der Waals surface area contributed by atoms with Crippen molar-refractivity contribution >= 4 is 33.5 Å². The lowest BCUT2D eigenvalue weighted by atomic mass is 10.2. The van der Waals surface area contributed by atoms with Crippen LogP contribution in [0.25, 0.3) is 0 Å². The zero-order chi connectivity index (χ0) is 14.8. The van der Waals surface area contributed by atoms with Crippen LogP contribution in [0, 0.1) is 6.92 Å². The number of halogens is 1. The molecule has 0 atom stereocenters. The summed E-state index contributed by atoms with van der Waals surface area (Å²) in [5.74, 6) is 0.266. The third kappa shape index (κ3) is 3.58. The number of rotatable bonds is 4. The largest absolute Gasteiger partial charge is 0.348 e. The van der Waals surface area contributed by atoms with Crippen molar-refractivity contribution in [1.29, 1.82) is 0 Å². The van der Waals surface area contributed by atoms with Crippen molar-refractivity contribution in [2.45, 2.75) is 25.8 Å². The van der Waals surface area contributed by atoms with Crippen molar-refractivity contribution < 1.29 is 4.79 Å². The summed E-state index contributed by atoms with van der Waals surface area (Å²) >= 11 is 3.49. The van der Waals surface area contributed by atoms with E-state index in [0.29, 0.717) is 17.7 Å². The molecule has 0 spiro atoms. The number of aryl methyl sites for hydroxylation is 1. The molecule has 1 saturated carbocycles. The molecule has 0 unspecified atom stereocenters. The second-order valence-electron chi connectivity index (χ2n) is 5.10. The summed E-state index contributed by atoms with van der Waals surface area (Å²) in [5.41, 5.74) is 2.40. The van der Waals surface area contributed by atoms with Crippen LogP contribution >= 0.6 is 15.9 Å². The number of anilines is 2. The number of aromatic nitrogens is 2. The summed E-state index contributed by atoms with van der Waals surface area (Å²) in [4.78, 5) is 20.4. The molecular weight excluding hydrogens is 332 g/mol. The average molecular weight is 347 g/mol. The van der Waals surface area contributed by atoms with Crippen LogP contribution in [0.5, 0.6) is 0 Å². The Labute approximate surface area is 131 Å². The van der Waals surface area contributed by atoms with Crippen LogP contribution in [0.2, 0.25) is 0 Å². The van der Waals surface area contributed by atoms with Gasteiger partial charge in [-0.3, -0.25) is 4.79 Å². The molecule has 21 heavy (non-hydrogen) atoms. The molecule has 1 aliphatic carbocycles. The Kier molecular flexibility index (Phi) is 3.88. The van der Waals surface area contributed by atoms with E-state index in [9.17, 15) is 4.79 Å². The molecule has 1 heterocycles. The molecule has 5 nitrogen and oxygen atoms in total. The first-order chi connectivity index (χ1) is 10.1. The monoisotopic (exact) mass is 346 g/mol. The Morgan fingerprint density at radius 3 is 2.86 bits per heavy atom. The maximum absolute atomic E-state index is 12.0. The molecule has 108 valence electrons. The van der Waals surface area contributed by atoms with E-state index >= 15 is 0 Å². The lowest BCUT2D eigenvalue weighted by Crippen LogP contribution is -2.26. The second kappa shape index (κ2) is 5.81. The van der Waals surface area contributed by atoms with Gasteiger partial charge in [0.15, 0.2) is 0 Å². The first-order valence-electron chi connectivity index (χ1n) is 6.79. The van der Waals surface area contributed by atoms with Crippen molar-refractivity contribution in [3.05, 3.63) is 46.2 Å². The second-order valence-corrected chi connectivity index (χ2v) is 5.96. The Hall–Kier alpha value is -1.95. The number of nitrogens with one attached hydrogen (secondary N) is 2. The number of hydrogen-bond donors (Lipinski definition) is 2. The van der Waals surface area contributed by atoms with E-state index in [2.05, 4.69) is 36.5 Å². The Morgan fingerprint density at radius 2 is 2.14 bits per heavy atom. The first-order valence-corrected chi connectivity index (χ1v) is 7.58. The highest BCUT2D eigenvalue weighted by atomic mass is 79.9. The lowest BCUT2D eigenvalue weighted by molar-refractivity contribution is 0.0946. The number of carbonyl (C=O) groups is 1. The molecule has 1 amide bonds. The predicted molar refractivity (Wildman–Crippen MR) is 84.7 cm³/mol. The van der Waals surface area contributed by atoms with Gasteiger partial charge in [-0.2, -0.15) is 0 Å².